The number of carbonyl (C=O) groups excluding carboxylic acids is 1. The number of rotatable bonds is 5. The molecule has 0 saturated carbocycles. The molecule has 1 amide bonds. The summed E-state index contributed by atoms with van der Waals surface area (Å²) in [4.78, 5) is 20.5. The van der Waals surface area contributed by atoms with Gasteiger partial charge in [0.05, 0.1) is 12.2 Å². The minimum atomic E-state index is -0.769. The lowest BCUT2D eigenvalue weighted by molar-refractivity contribution is -0.117. The van der Waals surface area contributed by atoms with E-state index in [0.717, 1.165) is 44.9 Å². The third kappa shape index (κ3) is 5.04. The highest BCUT2D eigenvalue weighted by Gasteiger charge is 2.19. The van der Waals surface area contributed by atoms with Crippen LogP contribution in [0.25, 0.3) is 0 Å². The van der Waals surface area contributed by atoms with Gasteiger partial charge < -0.3 is 5.32 Å². The van der Waals surface area contributed by atoms with Crippen LogP contribution in [-0.2, 0) is 11.3 Å². The number of hydrogen-bond acceptors (Lipinski definition) is 4. The summed E-state index contributed by atoms with van der Waals surface area (Å²) < 4.78 is 26.4. The van der Waals surface area contributed by atoms with E-state index in [9.17, 15) is 13.6 Å². The summed E-state index contributed by atoms with van der Waals surface area (Å²) in [6, 6.07) is 7.08. The van der Waals surface area contributed by atoms with E-state index < -0.39 is 11.6 Å². The Balaban J connectivity index is 1.44. The molecule has 2 heterocycles. The third-order valence-electron chi connectivity index (χ3n) is 4.17. The number of halogens is 2. The normalized spacial score (nSPS) is 15.9. The van der Waals surface area contributed by atoms with Crippen LogP contribution in [0.5, 0.6) is 0 Å². The maximum atomic E-state index is 13.6. The lowest BCUT2D eigenvalue weighted by Crippen LogP contribution is -2.48. The highest BCUT2D eigenvalue weighted by molar-refractivity contribution is 5.92. The summed E-state index contributed by atoms with van der Waals surface area (Å²) in [5.74, 6) is -1.74. The quantitative estimate of drug-likeness (QED) is 0.901. The largest absolute Gasteiger partial charge is 0.322 e. The van der Waals surface area contributed by atoms with Crippen molar-refractivity contribution >= 4 is 11.6 Å². The minimum absolute atomic E-state index is 0.00149. The van der Waals surface area contributed by atoms with E-state index in [1.165, 1.54) is 11.6 Å². The fraction of sp³-hybridized carbons (Fsp3) is 0.333. The van der Waals surface area contributed by atoms with E-state index in [1.807, 2.05) is 23.2 Å². The molecule has 132 valence electrons. The summed E-state index contributed by atoms with van der Waals surface area (Å²) in [5.41, 5.74) is 1.17. The van der Waals surface area contributed by atoms with E-state index in [1.54, 1.807) is 6.20 Å². The molecule has 0 aliphatic carbocycles. The predicted octanol–water partition coefficient (Wildman–Crippen LogP) is 2.12. The molecule has 5 nitrogen and oxygen atoms in total. The Hall–Kier alpha value is -2.38. The second-order valence-corrected chi connectivity index (χ2v) is 6.09. The standard InChI is InChI=1S/C18H20F2N4O/c19-15-3-4-17(16(20)10-15)22-18(25)13-24-8-6-23(7-9-24)12-14-2-1-5-21-11-14/h1-5,10-11H,6-9,12-13H2,(H,22,25). The average molecular weight is 346 g/mol. The number of nitrogens with zero attached hydrogens (tertiary/aromatic N) is 3. The topological polar surface area (TPSA) is 48.5 Å². The van der Waals surface area contributed by atoms with Crippen molar-refractivity contribution in [2.75, 3.05) is 38.0 Å². The summed E-state index contributed by atoms with van der Waals surface area (Å²) in [6.45, 7) is 4.27. The van der Waals surface area contributed by atoms with Gasteiger partial charge in [-0.2, -0.15) is 0 Å². The average Bonchev–Trinajstić information content (AvgIpc) is 2.60. The number of pyridine rings is 1. The van der Waals surface area contributed by atoms with Gasteiger partial charge in [-0.25, -0.2) is 8.78 Å². The van der Waals surface area contributed by atoms with Gasteiger partial charge in [-0.3, -0.25) is 19.6 Å². The number of anilines is 1. The Kier molecular flexibility index (Phi) is 5.67. The highest BCUT2D eigenvalue weighted by Crippen LogP contribution is 2.15. The Morgan fingerprint density at radius 3 is 2.56 bits per heavy atom. The summed E-state index contributed by atoms with van der Waals surface area (Å²) in [6.07, 6.45) is 3.61. The fourth-order valence-corrected chi connectivity index (χ4v) is 2.84. The summed E-state index contributed by atoms with van der Waals surface area (Å²) in [7, 11) is 0. The Morgan fingerprint density at radius 2 is 1.88 bits per heavy atom. The van der Waals surface area contributed by atoms with Crippen LogP contribution in [0.2, 0.25) is 0 Å². The van der Waals surface area contributed by atoms with Gasteiger partial charge in [0, 0.05) is 51.2 Å². The predicted molar refractivity (Wildman–Crippen MR) is 90.9 cm³/mol. The van der Waals surface area contributed by atoms with Gasteiger partial charge in [0.2, 0.25) is 5.91 Å². The van der Waals surface area contributed by atoms with Gasteiger partial charge in [-0.15, -0.1) is 0 Å². The monoisotopic (exact) mass is 346 g/mol. The molecular formula is C18H20F2N4O. The van der Waals surface area contributed by atoms with E-state index in [-0.39, 0.29) is 18.1 Å². The minimum Gasteiger partial charge on any atom is -0.322 e. The molecule has 2 aromatic rings. The molecule has 0 unspecified atom stereocenters. The van der Waals surface area contributed by atoms with Crippen LogP contribution in [-0.4, -0.2) is 53.4 Å². The molecule has 1 aromatic heterocycles. The number of nitrogens with one attached hydrogen (secondary N) is 1. The van der Waals surface area contributed by atoms with Crippen molar-refractivity contribution in [3.05, 3.63) is 59.9 Å². The molecule has 1 saturated heterocycles. The molecule has 25 heavy (non-hydrogen) atoms. The van der Waals surface area contributed by atoms with Gasteiger partial charge in [-0.1, -0.05) is 6.07 Å². The summed E-state index contributed by atoms with van der Waals surface area (Å²) in [5, 5.41) is 2.49. The van der Waals surface area contributed by atoms with Crippen LogP contribution in [0.3, 0.4) is 0 Å². The summed E-state index contributed by atoms with van der Waals surface area (Å²) >= 11 is 0. The smallest absolute Gasteiger partial charge is 0.238 e. The van der Waals surface area contributed by atoms with Crippen LogP contribution in [0, 0.1) is 11.6 Å². The molecule has 1 fully saturated rings. The lowest BCUT2D eigenvalue weighted by atomic mass is 10.2. The van der Waals surface area contributed by atoms with Gasteiger partial charge in [0.15, 0.2) is 0 Å². The molecule has 1 aromatic carbocycles. The second-order valence-electron chi connectivity index (χ2n) is 6.09. The first-order valence-corrected chi connectivity index (χ1v) is 8.19. The highest BCUT2D eigenvalue weighted by atomic mass is 19.1. The molecule has 0 radical (unpaired) electrons. The van der Waals surface area contributed by atoms with Crippen molar-refractivity contribution < 1.29 is 13.6 Å². The number of piperazine rings is 1. The molecule has 0 spiro atoms. The van der Waals surface area contributed by atoms with Crippen molar-refractivity contribution in [1.82, 2.24) is 14.8 Å². The van der Waals surface area contributed by atoms with Crippen LogP contribution < -0.4 is 5.32 Å². The third-order valence-corrected chi connectivity index (χ3v) is 4.17. The molecule has 7 heteroatoms. The maximum Gasteiger partial charge on any atom is 0.238 e. The van der Waals surface area contributed by atoms with Gasteiger partial charge in [-0.05, 0) is 23.8 Å². The zero-order valence-electron chi connectivity index (χ0n) is 13.8. The first-order valence-electron chi connectivity index (χ1n) is 8.19. The lowest BCUT2D eigenvalue weighted by Gasteiger charge is -2.34. The van der Waals surface area contributed by atoms with Gasteiger partial charge in [0.25, 0.3) is 0 Å². The number of carbonyl (C=O) groups is 1. The molecular weight excluding hydrogens is 326 g/mol. The van der Waals surface area contributed by atoms with Crippen LogP contribution in [0.4, 0.5) is 14.5 Å². The maximum absolute atomic E-state index is 13.6. The van der Waals surface area contributed by atoms with E-state index in [2.05, 4.69) is 15.2 Å². The Labute approximate surface area is 145 Å². The van der Waals surface area contributed by atoms with Crippen molar-refractivity contribution in [1.29, 1.82) is 0 Å². The van der Waals surface area contributed by atoms with Crippen molar-refractivity contribution in [3.63, 3.8) is 0 Å². The first-order chi connectivity index (χ1) is 12.1. The SMILES string of the molecule is O=C(CN1CCN(Cc2cccnc2)CC1)Nc1ccc(F)cc1F. The van der Waals surface area contributed by atoms with E-state index in [0.29, 0.717) is 0 Å². The van der Waals surface area contributed by atoms with Crippen molar-refractivity contribution in [2.45, 2.75) is 6.54 Å². The molecule has 3 rings (SSSR count). The Bertz CT molecular complexity index is 718. The molecule has 0 bridgehead atoms. The number of benzene rings is 1. The van der Waals surface area contributed by atoms with Crippen molar-refractivity contribution in [2.24, 2.45) is 0 Å². The first kappa shape index (κ1) is 17.4. The van der Waals surface area contributed by atoms with Crippen LogP contribution in [0.15, 0.2) is 42.7 Å². The number of hydrogen-bond donors (Lipinski definition) is 1. The zero-order chi connectivity index (χ0) is 17.6. The van der Waals surface area contributed by atoms with Gasteiger partial charge in [0.1, 0.15) is 11.6 Å². The molecule has 1 N–H and O–H groups in total. The molecule has 1 aliphatic heterocycles. The fourth-order valence-electron chi connectivity index (χ4n) is 2.84. The molecule has 0 atom stereocenters. The Morgan fingerprint density at radius 1 is 1.12 bits per heavy atom. The van der Waals surface area contributed by atoms with Crippen LogP contribution >= 0.6 is 0 Å². The van der Waals surface area contributed by atoms with Crippen LogP contribution in [0.1, 0.15) is 5.56 Å². The second kappa shape index (κ2) is 8.13. The van der Waals surface area contributed by atoms with Crippen molar-refractivity contribution in [3.8, 4) is 0 Å². The van der Waals surface area contributed by atoms with Gasteiger partial charge >= 0.3 is 0 Å². The number of amides is 1. The van der Waals surface area contributed by atoms with E-state index in [4.69, 9.17) is 0 Å². The zero-order valence-corrected chi connectivity index (χ0v) is 13.8. The molecule has 1 aliphatic rings. The van der Waals surface area contributed by atoms with E-state index >= 15 is 0 Å². The number of aromatic nitrogens is 1.